The molecule has 1 atom stereocenters. The van der Waals surface area contributed by atoms with Crippen molar-refractivity contribution in [1.82, 2.24) is 14.8 Å². The lowest BCUT2D eigenvalue weighted by atomic mass is 9.73. The van der Waals surface area contributed by atoms with Gasteiger partial charge in [-0.2, -0.15) is 13.2 Å². The van der Waals surface area contributed by atoms with Crippen molar-refractivity contribution in [2.75, 3.05) is 40.3 Å². The second-order valence-electron chi connectivity index (χ2n) is 10.8. The molecule has 1 fully saturated rings. The molecule has 2 heterocycles. The lowest BCUT2D eigenvalue weighted by Gasteiger charge is -2.38. The van der Waals surface area contributed by atoms with E-state index in [9.17, 15) is 27.5 Å². The molecule has 1 aromatic heterocycles. The number of aromatic amines is 1. The number of methoxy groups -OCH3 is 1. The first kappa shape index (κ1) is 27.9. The zero-order chi connectivity index (χ0) is 27.9. The van der Waals surface area contributed by atoms with Gasteiger partial charge < -0.3 is 24.6 Å². The topological polar surface area (TPSA) is 68.8 Å². The minimum atomic E-state index is -4.97. The molecule has 1 aliphatic rings. The van der Waals surface area contributed by atoms with E-state index < -0.39 is 35.9 Å². The molecule has 3 aromatic rings. The van der Waals surface area contributed by atoms with Crippen molar-refractivity contribution in [1.29, 1.82) is 0 Å². The van der Waals surface area contributed by atoms with Crippen LogP contribution in [0, 0.1) is 5.82 Å². The Bertz CT molecular complexity index is 1310. The number of H-pyrrole nitrogens is 1. The number of nitrogens with one attached hydrogen (secondary N) is 1. The average Bonchev–Trinajstić information content (AvgIpc) is 3.24. The lowest BCUT2D eigenvalue weighted by molar-refractivity contribution is -0.266. The van der Waals surface area contributed by atoms with Gasteiger partial charge in [-0.1, -0.05) is 13.8 Å². The summed E-state index contributed by atoms with van der Waals surface area (Å²) in [5.41, 5.74) is -2.99. The average molecular weight is 536 g/mol. The van der Waals surface area contributed by atoms with Crippen LogP contribution in [0.25, 0.3) is 10.9 Å². The number of carbonyl (C=O) groups is 1. The summed E-state index contributed by atoms with van der Waals surface area (Å²) in [5.74, 6) is -0.494. The summed E-state index contributed by atoms with van der Waals surface area (Å²) in [4.78, 5) is 19.8. The fourth-order valence-electron chi connectivity index (χ4n) is 5.23. The molecule has 2 aromatic carbocycles. The number of likely N-dealkylation sites (N-methyl/N-ethyl adjacent to an activating group) is 1. The molecule has 1 aliphatic heterocycles. The molecular formula is C28H33F4N3O3. The largest absolute Gasteiger partial charge is 0.496 e. The molecule has 0 spiro atoms. The Balaban J connectivity index is 1.61. The highest BCUT2D eigenvalue weighted by molar-refractivity contribution is 5.98. The molecule has 0 aliphatic carbocycles. The van der Waals surface area contributed by atoms with Crippen molar-refractivity contribution in [3.8, 4) is 5.75 Å². The number of alkyl halides is 3. The fourth-order valence-corrected chi connectivity index (χ4v) is 5.23. The van der Waals surface area contributed by atoms with E-state index in [-0.39, 0.29) is 22.9 Å². The SMILES string of the molecule is COc1ccc(F)cc1C(C)(C)CC(O)(Cc1cc2cc(C(=O)N3CCN(C)CC3)ccc2[nH]1)C(F)(F)F. The van der Waals surface area contributed by atoms with Gasteiger partial charge in [-0.05, 0) is 61.3 Å². The second kappa shape index (κ2) is 10.2. The van der Waals surface area contributed by atoms with E-state index in [1.165, 1.54) is 39.2 Å². The van der Waals surface area contributed by atoms with Crippen molar-refractivity contribution in [2.24, 2.45) is 0 Å². The number of fused-ring (bicyclic) bond motifs is 1. The molecular weight excluding hydrogens is 502 g/mol. The maximum absolute atomic E-state index is 14.3. The maximum Gasteiger partial charge on any atom is 0.417 e. The van der Waals surface area contributed by atoms with Crippen molar-refractivity contribution in [3.63, 3.8) is 0 Å². The number of benzene rings is 2. The van der Waals surface area contributed by atoms with E-state index in [0.29, 0.717) is 29.6 Å². The zero-order valence-electron chi connectivity index (χ0n) is 22.0. The van der Waals surface area contributed by atoms with Gasteiger partial charge in [-0.25, -0.2) is 4.39 Å². The number of halogens is 4. The lowest BCUT2D eigenvalue weighted by Crippen LogP contribution is -2.51. The van der Waals surface area contributed by atoms with Gasteiger partial charge in [-0.3, -0.25) is 4.79 Å². The molecule has 1 saturated heterocycles. The predicted molar refractivity (Wildman–Crippen MR) is 137 cm³/mol. The molecule has 1 unspecified atom stereocenters. The van der Waals surface area contributed by atoms with Crippen LogP contribution in [0.1, 0.15) is 41.9 Å². The van der Waals surface area contributed by atoms with Gasteiger partial charge in [-0.15, -0.1) is 0 Å². The Hall–Kier alpha value is -3.11. The van der Waals surface area contributed by atoms with E-state index >= 15 is 0 Å². The highest BCUT2D eigenvalue weighted by atomic mass is 19.4. The first-order valence-corrected chi connectivity index (χ1v) is 12.4. The fraction of sp³-hybridized carbons (Fsp3) is 0.464. The highest BCUT2D eigenvalue weighted by Gasteiger charge is 2.56. The number of nitrogens with zero attached hydrogens (tertiary/aromatic N) is 2. The first-order valence-electron chi connectivity index (χ1n) is 12.4. The van der Waals surface area contributed by atoms with Crippen molar-refractivity contribution in [3.05, 3.63) is 65.1 Å². The smallest absolute Gasteiger partial charge is 0.417 e. The van der Waals surface area contributed by atoms with Crippen LogP contribution >= 0.6 is 0 Å². The normalized spacial score (nSPS) is 17.0. The van der Waals surface area contributed by atoms with Crippen LogP contribution in [0.3, 0.4) is 0 Å². The molecule has 206 valence electrons. The number of rotatable bonds is 7. The number of hydrogen-bond donors (Lipinski definition) is 2. The third-order valence-electron chi connectivity index (χ3n) is 7.35. The molecule has 10 heteroatoms. The van der Waals surface area contributed by atoms with E-state index in [4.69, 9.17) is 4.74 Å². The molecule has 1 amide bonds. The van der Waals surface area contributed by atoms with Crippen LogP contribution in [-0.2, 0) is 11.8 Å². The van der Waals surface area contributed by atoms with Crippen LogP contribution < -0.4 is 4.74 Å². The van der Waals surface area contributed by atoms with Crippen LogP contribution in [0.15, 0.2) is 42.5 Å². The molecule has 2 N–H and O–H groups in total. The maximum atomic E-state index is 14.3. The van der Waals surface area contributed by atoms with E-state index in [1.54, 1.807) is 23.1 Å². The third-order valence-corrected chi connectivity index (χ3v) is 7.35. The molecule has 0 bridgehead atoms. The number of ether oxygens (including phenoxy) is 1. The van der Waals surface area contributed by atoms with Gasteiger partial charge in [0.05, 0.1) is 7.11 Å². The number of piperazine rings is 1. The number of carbonyl (C=O) groups excluding carboxylic acids is 1. The van der Waals surface area contributed by atoms with Gasteiger partial charge in [0.25, 0.3) is 5.91 Å². The van der Waals surface area contributed by atoms with Crippen molar-refractivity contribution >= 4 is 16.8 Å². The predicted octanol–water partition coefficient (Wildman–Crippen LogP) is 4.91. The minimum Gasteiger partial charge on any atom is -0.496 e. The Morgan fingerprint density at radius 2 is 1.74 bits per heavy atom. The molecule has 6 nitrogen and oxygen atoms in total. The Morgan fingerprint density at radius 3 is 2.37 bits per heavy atom. The number of hydrogen-bond acceptors (Lipinski definition) is 4. The van der Waals surface area contributed by atoms with Crippen LogP contribution in [-0.4, -0.2) is 77.9 Å². The summed E-state index contributed by atoms with van der Waals surface area (Å²) in [5, 5.41) is 11.6. The van der Waals surface area contributed by atoms with Gasteiger partial charge in [0.1, 0.15) is 11.6 Å². The third kappa shape index (κ3) is 5.66. The molecule has 0 saturated carbocycles. The van der Waals surface area contributed by atoms with Crippen LogP contribution in [0.4, 0.5) is 17.6 Å². The summed E-state index contributed by atoms with van der Waals surface area (Å²) < 4.78 is 62.3. The van der Waals surface area contributed by atoms with E-state index in [2.05, 4.69) is 9.88 Å². The second-order valence-corrected chi connectivity index (χ2v) is 10.8. The summed E-state index contributed by atoms with van der Waals surface area (Å²) in [6, 6.07) is 10.2. The molecule has 38 heavy (non-hydrogen) atoms. The summed E-state index contributed by atoms with van der Waals surface area (Å²) in [6.45, 7) is 5.80. The van der Waals surface area contributed by atoms with Gasteiger partial charge >= 0.3 is 6.18 Å². The summed E-state index contributed by atoms with van der Waals surface area (Å²) >= 11 is 0. The standard InChI is InChI=1S/C28H33F4N3O3/c1-26(2,22-15-20(29)6-8-24(22)38-4)17-27(37,28(30,31)32)16-21-14-19-13-18(5-7-23(19)33-21)25(36)35-11-9-34(3)10-12-35/h5-8,13-15,33,37H,9-12,16-17H2,1-4H3. The van der Waals surface area contributed by atoms with E-state index in [0.717, 1.165) is 19.2 Å². The van der Waals surface area contributed by atoms with Gasteiger partial charge in [0.15, 0.2) is 5.60 Å². The van der Waals surface area contributed by atoms with Crippen molar-refractivity contribution < 1.29 is 32.2 Å². The highest BCUT2D eigenvalue weighted by Crippen LogP contribution is 2.45. The number of amides is 1. The van der Waals surface area contributed by atoms with Crippen LogP contribution in [0.2, 0.25) is 0 Å². The number of aliphatic hydroxyl groups is 1. The quantitative estimate of drug-likeness (QED) is 0.422. The molecule has 0 radical (unpaired) electrons. The monoisotopic (exact) mass is 535 g/mol. The molecule has 4 rings (SSSR count). The van der Waals surface area contributed by atoms with Gasteiger partial charge in [0.2, 0.25) is 0 Å². The Labute approximate surface area is 219 Å². The summed E-state index contributed by atoms with van der Waals surface area (Å²) in [6.07, 6.45) is -6.44. The van der Waals surface area contributed by atoms with E-state index in [1.807, 2.05) is 7.05 Å². The first-order chi connectivity index (χ1) is 17.7. The minimum absolute atomic E-state index is 0.125. The van der Waals surface area contributed by atoms with Crippen LogP contribution in [0.5, 0.6) is 5.75 Å². The zero-order valence-corrected chi connectivity index (χ0v) is 22.0. The van der Waals surface area contributed by atoms with Gasteiger partial charge in [0, 0.05) is 60.3 Å². The Kier molecular flexibility index (Phi) is 7.51. The summed E-state index contributed by atoms with van der Waals surface area (Å²) in [7, 11) is 3.35. The number of aromatic nitrogens is 1. The van der Waals surface area contributed by atoms with Crippen molar-refractivity contribution in [2.45, 2.75) is 43.9 Å². The Morgan fingerprint density at radius 1 is 1.05 bits per heavy atom.